The van der Waals surface area contributed by atoms with Crippen LogP contribution in [0.4, 0.5) is 13.2 Å². The summed E-state index contributed by atoms with van der Waals surface area (Å²) in [4.78, 5) is 15.0. The molecule has 1 aliphatic carbocycles. The maximum Gasteiger partial charge on any atom is 0.391 e. The predicted molar refractivity (Wildman–Crippen MR) is 90.8 cm³/mol. The van der Waals surface area contributed by atoms with Crippen molar-refractivity contribution in [2.75, 3.05) is 6.54 Å². The van der Waals surface area contributed by atoms with Gasteiger partial charge in [-0.1, -0.05) is 13.8 Å². The van der Waals surface area contributed by atoms with Crippen molar-refractivity contribution in [3.8, 4) is 0 Å². The van der Waals surface area contributed by atoms with Gasteiger partial charge in [0, 0.05) is 24.0 Å². The summed E-state index contributed by atoms with van der Waals surface area (Å²) < 4.78 is 38.5. The van der Waals surface area contributed by atoms with Crippen LogP contribution in [0.1, 0.15) is 65.7 Å². The summed E-state index contributed by atoms with van der Waals surface area (Å²) in [5, 5.41) is 9.19. The van der Waals surface area contributed by atoms with E-state index in [0.29, 0.717) is 36.1 Å². The summed E-state index contributed by atoms with van der Waals surface area (Å²) in [6, 6.07) is 1.94. The molecule has 3 nitrogen and oxygen atoms in total. The highest BCUT2D eigenvalue weighted by molar-refractivity contribution is 7.14. The average Bonchev–Trinajstić information content (AvgIpc) is 3.03. The molecule has 1 atom stereocenters. The van der Waals surface area contributed by atoms with Crippen molar-refractivity contribution >= 4 is 17.3 Å². The first-order valence-corrected chi connectivity index (χ1v) is 9.65. The van der Waals surface area contributed by atoms with E-state index in [2.05, 4.69) is 18.7 Å². The van der Waals surface area contributed by atoms with E-state index >= 15 is 0 Å². The largest absolute Gasteiger partial charge is 0.477 e. The molecular weight excluding hydrogens is 351 g/mol. The van der Waals surface area contributed by atoms with Crippen molar-refractivity contribution in [3.05, 3.63) is 21.4 Å². The lowest BCUT2D eigenvalue weighted by molar-refractivity contribution is -0.184. The molecule has 2 heterocycles. The Bertz CT molecular complexity index is 633. The highest BCUT2D eigenvalue weighted by Gasteiger charge is 2.42. The van der Waals surface area contributed by atoms with Gasteiger partial charge in [-0.3, -0.25) is 4.90 Å². The van der Waals surface area contributed by atoms with Gasteiger partial charge in [0.1, 0.15) is 4.88 Å². The second-order valence-corrected chi connectivity index (χ2v) is 8.77. The fraction of sp³-hybridized carbons (Fsp3) is 0.722. The van der Waals surface area contributed by atoms with Gasteiger partial charge >= 0.3 is 12.1 Å². The van der Waals surface area contributed by atoms with Gasteiger partial charge in [0.2, 0.25) is 0 Å². The Morgan fingerprint density at radius 2 is 1.96 bits per heavy atom. The molecule has 1 fully saturated rings. The number of carboxylic acids is 1. The molecule has 2 aliphatic rings. The van der Waals surface area contributed by atoms with Gasteiger partial charge in [-0.25, -0.2) is 4.79 Å². The molecule has 0 saturated heterocycles. The Hall–Kier alpha value is -1.08. The van der Waals surface area contributed by atoms with Crippen molar-refractivity contribution in [2.24, 2.45) is 17.8 Å². The number of halogens is 3. The number of hydrogen-bond donors (Lipinski definition) is 1. The number of aromatic carboxylic acids is 1. The first kappa shape index (κ1) is 18.7. The lowest BCUT2D eigenvalue weighted by atomic mass is 9.81. The lowest BCUT2D eigenvalue weighted by Gasteiger charge is -2.35. The van der Waals surface area contributed by atoms with Gasteiger partial charge in [-0.05, 0) is 49.1 Å². The normalized spacial score (nSPS) is 27.7. The highest BCUT2D eigenvalue weighted by atomic mass is 32.1. The molecule has 0 aromatic carbocycles. The number of hydrogen-bond acceptors (Lipinski definition) is 3. The van der Waals surface area contributed by atoms with Crippen molar-refractivity contribution < 1.29 is 23.1 Å². The van der Waals surface area contributed by atoms with Crippen LogP contribution >= 0.6 is 11.3 Å². The van der Waals surface area contributed by atoms with Crippen LogP contribution in [-0.2, 0) is 6.54 Å². The van der Waals surface area contributed by atoms with Gasteiger partial charge < -0.3 is 5.11 Å². The minimum Gasteiger partial charge on any atom is -0.477 e. The topological polar surface area (TPSA) is 40.5 Å². The summed E-state index contributed by atoms with van der Waals surface area (Å²) >= 11 is 1.35. The van der Waals surface area contributed by atoms with Gasteiger partial charge in [0.05, 0.1) is 5.92 Å². The summed E-state index contributed by atoms with van der Waals surface area (Å²) in [5.74, 6) is -1.39. The number of nitrogens with zero attached hydrogens (tertiary/aromatic N) is 1. The van der Waals surface area contributed by atoms with Crippen LogP contribution in [0.2, 0.25) is 0 Å². The fourth-order valence-corrected chi connectivity index (χ4v) is 5.63. The molecule has 1 aliphatic heterocycles. The van der Waals surface area contributed by atoms with Crippen molar-refractivity contribution in [3.63, 3.8) is 0 Å². The summed E-state index contributed by atoms with van der Waals surface area (Å²) in [6.45, 7) is 5.75. The molecule has 7 heteroatoms. The average molecular weight is 375 g/mol. The molecule has 0 bridgehead atoms. The Kier molecular flexibility index (Phi) is 5.17. The quantitative estimate of drug-likeness (QED) is 0.773. The van der Waals surface area contributed by atoms with Crippen molar-refractivity contribution in [1.82, 2.24) is 4.90 Å². The van der Waals surface area contributed by atoms with E-state index in [1.165, 1.54) is 11.3 Å². The third kappa shape index (κ3) is 3.87. The van der Waals surface area contributed by atoms with Crippen molar-refractivity contribution in [1.29, 1.82) is 0 Å². The zero-order chi connectivity index (χ0) is 18.4. The van der Waals surface area contributed by atoms with Crippen LogP contribution in [-0.4, -0.2) is 28.7 Å². The smallest absolute Gasteiger partial charge is 0.391 e. The Morgan fingerprint density at radius 1 is 1.32 bits per heavy atom. The molecule has 0 spiro atoms. The maximum absolute atomic E-state index is 12.8. The maximum atomic E-state index is 12.8. The van der Waals surface area contributed by atoms with E-state index in [4.69, 9.17) is 0 Å². The van der Waals surface area contributed by atoms with E-state index in [1.807, 2.05) is 0 Å². The lowest BCUT2D eigenvalue weighted by Crippen LogP contribution is -2.35. The summed E-state index contributed by atoms with van der Waals surface area (Å²) in [5.41, 5.74) is 1.07. The summed E-state index contributed by atoms with van der Waals surface area (Å²) in [6.07, 6.45) is -2.34. The van der Waals surface area contributed by atoms with Crippen molar-refractivity contribution in [2.45, 2.75) is 58.3 Å². The fourth-order valence-electron chi connectivity index (χ4n) is 4.31. The number of alkyl halides is 3. The van der Waals surface area contributed by atoms with Crippen LogP contribution in [0, 0.1) is 17.8 Å². The second kappa shape index (κ2) is 6.91. The summed E-state index contributed by atoms with van der Waals surface area (Å²) in [7, 11) is 0. The number of carbonyl (C=O) groups is 1. The second-order valence-electron chi connectivity index (χ2n) is 7.68. The molecular formula is C18H24F3NO2S. The first-order chi connectivity index (χ1) is 11.7. The van der Waals surface area contributed by atoms with Gasteiger partial charge in [-0.15, -0.1) is 11.3 Å². The van der Waals surface area contributed by atoms with Crippen LogP contribution < -0.4 is 0 Å². The third-order valence-electron chi connectivity index (χ3n) is 5.52. The van der Waals surface area contributed by atoms with E-state index in [1.54, 1.807) is 6.07 Å². The molecule has 0 amide bonds. The standard InChI is InChI=1S/C18H24F3NO2S/c1-10(2)15-16-12(7-14(25-16)17(23)24)9-22(15)8-11-3-5-13(6-4-11)18(19,20)21/h7,10-11,13,15H,3-6,8-9H2,1-2H3,(H,23,24)/t11?,13?,15-/m0/s1. The zero-order valence-corrected chi connectivity index (χ0v) is 15.3. The number of thiophene rings is 1. The molecule has 1 saturated carbocycles. The molecule has 1 N–H and O–H groups in total. The monoisotopic (exact) mass is 375 g/mol. The zero-order valence-electron chi connectivity index (χ0n) is 14.5. The third-order valence-corrected chi connectivity index (χ3v) is 6.76. The molecule has 140 valence electrons. The molecule has 0 unspecified atom stereocenters. The Balaban J connectivity index is 1.65. The molecule has 1 aromatic rings. The molecule has 0 radical (unpaired) electrons. The highest BCUT2D eigenvalue weighted by Crippen LogP contribution is 2.45. The Labute approximate surface area is 149 Å². The minimum atomic E-state index is -4.06. The van der Waals surface area contributed by atoms with Crippen LogP contribution in [0.3, 0.4) is 0 Å². The number of rotatable bonds is 4. The van der Waals surface area contributed by atoms with Crippen LogP contribution in [0.25, 0.3) is 0 Å². The van der Waals surface area contributed by atoms with Gasteiger partial charge in [-0.2, -0.15) is 13.2 Å². The predicted octanol–water partition coefficient (Wildman–Crippen LogP) is 5.33. The molecule has 3 rings (SSSR count). The van der Waals surface area contributed by atoms with Crippen LogP contribution in [0.5, 0.6) is 0 Å². The number of fused-ring (bicyclic) bond motifs is 1. The van der Waals surface area contributed by atoms with Crippen LogP contribution in [0.15, 0.2) is 6.07 Å². The molecule has 25 heavy (non-hydrogen) atoms. The molecule has 1 aromatic heterocycles. The Morgan fingerprint density at radius 3 is 2.48 bits per heavy atom. The first-order valence-electron chi connectivity index (χ1n) is 8.83. The van der Waals surface area contributed by atoms with E-state index in [9.17, 15) is 23.1 Å². The van der Waals surface area contributed by atoms with E-state index in [0.717, 1.165) is 17.0 Å². The minimum absolute atomic E-state index is 0.174. The van der Waals surface area contributed by atoms with Gasteiger partial charge in [0.25, 0.3) is 0 Å². The van der Waals surface area contributed by atoms with E-state index in [-0.39, 0.29) is 18.9 Å². The number of carboxylic acid groups (broad SMARTS) is 1. The van der Waals surface area contributed by atoms with Gasteiger partial charge in [0.15, 0.2) is 0 Å². The van der Waals surface area contributed by atoms with E-state index < -0.39 is 18.1 Å². The SMILES string of the molecule is CC(C)[C@H]1c2sc(C(=O)O)cc2CN1CC1CCC(C(F)(F)F)CC1.